The largest absolute Gasteiger partial charge is 0.362 e. The topological polar surface area (TPSA) is 98.0 Å². The average Bonchev–Trinajstić information content (AvgIpc) is 3.44. The molecule has 4 aromatic rings. The Labute approximate surface area is 203 Å². The minimum absolute atomic E-state index is 0.131. The van der Waals surface area contributed by atoms with Crippen molar-refractivity contribution >= 4 is 52.0 Å². The molecule has 0 saturated heterocycles. The molecule has 3 amide bonds. The third kappa shape index (κ3) is 4.94. The van der Waals surface area contributed by atoms with E-state index >= 15 is 0 Å². The third-order valence-electron chi connectivity index (χ3n) is 5.77. The van der Waals surface area contributed by atoms with Crippen LogP contribution in [0.1, 0.15) is 22.4 Å². The summed E-state index contributed by atoms with van der Waals surface area (Å²) in [4.78, 5) is 28.1. The highest BCUT2D eigenvalue weighted by Crippen LogP contribution is 2.36. The minimum Gasteiger partial charge on any atom is -0.362 e. The van der Waals surface area contributed by atoms with Crippen LogP contribution in [-0.4, -0.2) is 16.9 Å². The number of carbonyl (C=O) groups is 2. The smallest absolute Gasteiger partial charge is 0.323 e. The van der Waals surface area contributed by atoms with Crippen LogP contribution < -0.4 is 21.3 Å². The van der Waals surface area contributed by atoms with Gasteiger partial charge in [-0.25, -0.2) is 4.79 Å². The van der Waals surface area contributed by atoms with Crippen molar-refractivity contribution in [2.24, 2.45) is 0 Å². The zero-order chi connectivity index (χ0) is 24.4. The summed E-state index contributed by atoms with van der Waals surface area (Å²) in [6, 6.07) is 22.6. The molecular weight excluding hydrogens is 438 g/mol. The Balaban J connectivity index is 1.32. The predicted octanol–water partition coefficient (Wildman–Crippen LogP) is 6.51. The molecule has 0 spiro atoms. The van der Waals surface area contributed by atoms with Crippen molar-refractivity contribution < 1.29 is 9.59 Å². The number of nitrogens with one attached hydrogen (secondary N) is 5. The Morgan fingerprint density at radius 2 is 1.66 bits per heavy atom. The number of anilines is 5. The molecule has 0 aliphatic carbocycles. The van der Waals surface area contributed by atoms with Crippen LogP contribution in [0, 0.1) is 13.8 Å². The molecule has 5 rings (SSSR count). The summed E-state index contributed by atoms with van der Waals surface area (Å²) in [6.07, 6.45) is 3.67. The van der Waals surface area contributed by atoms with Gasteiger partial charge in [-0.3, -0.25) is 4.79 Å². The van der Waals surface area contributed by atoms with Gasteiger partial charge in [0.1, 0.15) is 0 Å². The third-order valence-corrected chi connectivity index (χ3v) is 5.77. The first-order chi connectivity index (χ1) is 16.9. The van der Waals surface area contributed by atoms with Gasteiger partial charge in [-0.05, 0) is 79.6 Å². The molecule has 0 radical (unpaired) electrons. The zero-order valence-electron chi connectivity index (χ0n) is 19.4. The van der Waals surface area contributed by atoms with Crippen LogP contribution in [-0.2, 0) is 4.79 Å². The summed E-state index contributed by atoms with van der Waals surface area (Å²) in [5.41, 5.74) is 8.27. The fourth-order valence-electron chi connectivity index (χ4n) is 4.01. The number of hydrogen-bond acceptors (Lipinski definition) is 3. The van der Waals surface area contributed by atoms with Gasteiger partial charge in [0.25, 0.3) is 5.91 Å². The van der Waals surface area contributed by atoms with Gasteiger partial charge in [0.15, 0.2) is 0 Å². The van der Waals surface area contributed by atoms with Crippen molar-refractivity contribution in [3.63, 3.8) is 0 Å². The number of fused-ring (bicyclic) bond motifs is 1. The Kier molecular flexibility index (Phi) is 5.81. The molecule has 0 unspecified atom stereocenters. The standard InChI is InChI=1S/C28H25N5O2/c1-17-5-3-6-20(13-17)31-28(35)32-22-9-8-18(2)25(15-22)30-21-10-11-23-24(14-19-7-4-12-29-19)27(34)33-26(23)16-21/h3-16,29-30H,1-2H3,(H,33,34)(H2,31,32,35). The van der Waals surface area contributed by atoms with E-state index in [1.807, 2.05) is 98.9 Å². The number of aromatic amines is 1. The molecule has 2 heterocycles. The second-order valence-electron chi connectivity index (χ2n) is 8.50. The van der Waals surface area contributed by atoms with Gasteiger partial charge in [-0.15, -0.1) is 0 Å². The van der Waals surface area contributed by atoms with Gasteiger partial charge < -0.3 is 26.3 Å². The lowest BCUT2D eigenvalue weighted by Crippen LogP contribution is -2.19. The van der Waals surface area contributed by atoms with E-state index in [1.54, 1.807) is 0 Å². The molecule has 5 N–H and O–H groups in total. The highest BCUT2D eigenvalue weighted by molar-refractivity contribution is 6.35. The second-order valence-corrected chi connectivity index (χ2v) is 8.50. The number of H-pyrrole nitrogens is 1. The molecule has 35 heavy (non-hydrogen) atoms. The lowest BCUT2D eigenvalue weighted by molar-refractivity contribution is -0.110. The molecule has 0 bridgehead atoms. The van der Waals surface area contributed by atoms with E-state index in [2.05, 4.69) is 26.3 Å². The molecule has 7 nitrogen and oxygen atoms in total. The van der Waals surface area contributed by atoms with E-state index in [0.29, 0.717) is 11.3 Å². The summed E-state index contributed by atoms with van der Waals surface area (Å²) < 4.78 is 0. The van der Waals surface area contributed by atoms with Gasteiger partial charge >= 0.3 is 6.03 Å². The molecule has 0 atom stereocenters. The number of benzene rings is 3. The molecule has 7 heteroatoms. The summed E-state index contributed by atoms with van der Waals surface area (Å²) in [7, 11) is 0. The fraction of sp³-hybridized carbons (Fsp3) is 0.0714. The SMILES string of the molecule is Cc1cccc(NC(=O)Nc2ccc(C)c(Nc3ccc4c(c3)NC(=O)C4=Cc3ccc[nH]3)c2)c1. The maximum atomic E-state index is 12.5. The van der Waals surface area contributed by atoms with Crippen molar-refractivity contribution in [2.45, 2.75) is 13.8 Å². The Bertz CT molecular complexity index is 1450. The molecule has 3 aromatic carbocycles. The van der Waals surface area contributed by atoms with Gasteiger partial charge in [0.2, 0.25) is 0 Å². The van der Waals surface area contributed by atoms with Crippen LogP contribution in [0.3, 0.4) is 0 Å². The lowest BCUT2D eigenvalue weighted by atomic mass is 10.1. The first kappa shape index (κ1) is 22.0. The molecule has 0 saturated carbocycles. The van der Waals surface area contributed by atoms with E-state index in [4.69, 9.17) is 0 Å². The number of rotatable bonds is 5. The molecule has 1 aliphatic heterocycles. The lowest BCUT2D eigenvalue weighted by Gasteiger charge is -2.14. The molecule has 174 valence electrons. The Hall–Kier alpha value is -4.78. The quantitative estimate of drug-likeness (QED) is 0.218. The van der Waals surface area contributed by atoms with Gasteiger partial charge in [0, 0.05) is 40.2 Å². The molecule has 1 aromatic heterocycles. The number of urea groups is 1. The maximum absolute atomic E-state index is 12.5. The van der Waals surface area contributed by atoms with Crippen molar-refractivity contribution in [2.75, 3.05) is 21.3 Å². The highest BCUT2D eigenvalue weighted by atomic mass is 16.2. The van der Waals surface area contributed by atoms with E-state index < -0.39 is 0 Å². The number of aryl methyl sites for hydroxylation is 2. The number of amides is 3. The predicted molar refractivity (Wildman–Crippen MR) is 142 cm³/mol. The van der Waals surface area contributed by atoms with Crippen LogP contribution in [0.4, 0.5) is 33.2 Å². The summed E-state index contributed by atoms with van der Waals surface area (Å²) >= 11 is 0. The van der Waals surface area contributed by atoms with Crippen molar-refractivity contribution in [3.05, 3.63) is 101 Å². The van der Waals surface area contributed by atoms with Crippen LogP contribution >= 0.6 is 0 Å². The normalized spacial score (nSPS) is 13.3. The Morgan fingerprint density at radius 1 is 0.857 bits per heavy atom. The monoisotopic (exact) mass is 463 g/mol. The number of hydrogen-bond donors (Lipinski definition) is 5. The average molecular weight is 464 g/mol. The van der Waals surface area contributed by atoms with Crippen molar-refractivity contribution in [1.82, 2.24) is 4.98 Å². The first-order valence-corrected chi connectivity index (χ1v) is 11.3. The molecule has 1 aliphatic rings. The first-order valence-electron chi connectivity index (χ1n) is 11.3. The molecular formula is C28H25N5O2. The highest BCUT2D eigenvalue weighted by Gasteiger charge is 2.24. The summed E-state index contributed by atoms with van der Waals surface area (Å²) in [5.74, 6) is -0.131. The van der Waals surface area contributed by atoms with Crippen molar-refractivity contribution in [3.8, 4) is 0 Å². The van der Waals surface area contributed by atoms with E-state index in [9.17, 15) is 9.59 Å². The van der Waals surface area contributed by atoms with Crippen LogP contribution in [0.15, 0.2) is 79.0 Å². The van der Waals surface area contributed by atoms with E-state index in [1.165, 1.54) is 0 Å². The zero-order valence-corrected chi connectivity index (χ0v) is 19.4. The summed E-state index contributed by atoms with van der Waals surface area (Å²) in [5, 5.41) is 12.1. The minimum atomic E-state index is -0.313. The van der Waals surface area contributed by atoms with Crippen molar-refractivity contribution in [1.29, 1.82) is 0 Å². The number of carbonyl (C=O) groups excluding carboxylic acids is 2. The number of aromatic nitrogens is 1. The Morgan fingerprint density at radius 3 is 2.43 bits per heavy atom. The van der Waals surface area contributed by atoms with E-state index in [0.717, 1.165) is 45.1 Å². The fourth-order valence-corrected chi connectivity index (χ4v) is 4.01. The molecule has 0 fully saturated rings. The van der Waals surface area contributed by atoms with Gasteiger partial charge in [0.05, 0.1) is 11.3 Å². The second kappa shape index (κ2) is 9.23. The van der Waals surface area contributed by atoms with Gasteiger partial charge in [-0.1, -0.05) is 24.3 Å². The van der Waals surface area contributed by atoms with Gasteiger partial charge in [-0.2, -0.15) is 0 Å². The summed E-state index contributed by atoms with van der Waals surface area (Å²) in [6.45, 7) is 3.97. The van der Waals surface area contributed by atoms with Crippen LogP contribution in [0.5, 0.6) is 0 Å². The van der Waals surface area contributed by atoms with Crippen LogP contribution in [0.2, 0.25) is 0 Å². The van der Waals surface area contributed by atoms with Crippen LogP contribution in [0.25, 0.3) is 11.6 Å². The maximum Gasteiger partial charge on any atom is 0.323 e. The van der Waals surface area contributed by atoms with E-state index in [-0.39, 0.29) is 11.9 Å².